The van der Waals surface area contributed by atoms with Crippen LogP contribution in [0.1, 0.15) is 10.8 Å². The number of fused-ring (bicyclic) bond motifs is 1. The summed E-state index contributed by atoms with van der Waals surface area (Å²) in [5.74, 6) is -0.722. The normalized spacial score (nSPS) is 28.6. The van der Waals surface area contributed by atoms with Crippen LogP contribution < -0.4 is 0 Å². The van der Waals surface area contributed by atoms with E-state index in [1.165, 1.54) is 0 Å². The number of thiophene rings is 1. The Labute approximate surface area is 110 Å². The maximum Gasteiger partial charge on any atom is 0.322 e. The van der Waals surface area contributed by atoms with Crippen LogP contribution in [0, 0.1) is 0 Å². The lowest BCUT2D eigenvalue weighted by molar-refractivity contribution is -0.154. The number of cyclic esters (lactones) is 1. The van der Waals surface area contributed by atoms with E-state index < -0.39 is 17.1 Å². The maximum absolute atomic E-state index is 11.4. The zero-order valence-corrected chi connectivity index (χ0v) is 11.1. The lowest BCUT2D eigenvalue weighted by Gasteiger charge is -2.10. The van der Waals surface area contributed by atoms with Crippen molar-refractivity contribution in [2.45, 2.75) is 17.0 Å². The van der Waals surface area contributed by atoms with Gasteiger partial charge in [0.2, 0.25) is 6.29 Å². The first-order valence-electron chi connectivity index (χ1n) is 5.18. The minimum Gasteiger partial charge on any atom is -0.434 e. The van der Waals surface area contributed by atoms with E-state index in [0.717, 1.165) is 15.0 Å². The number of carbonyl (C=O) groups is 1. The van der Waals surface area contributed by atoms with Crippen molar-refractivity contribution in [1.29, 1.82) is 0 Å². The van der Waals surface area contributed by atoms with E-state index >= 15 is 0 Å². The summed E-state index contributed by atoms with van der Waals surface area (Å²) in [5.41, 5.74) is 0. The Morgan fingerprint density at radius 2 is 2.12 bits per heavy atom. The summed E-state index contributed by atoms with van der Waals surface area (Å²) in [6, 6.07) is 9.99. The molecule has 1 N–H and O–H groups in total. The predicted octanol–water partition coefficient (Wildman–Crippen LogP) is 2.62. The summed E-state index contributed by atoms with van der Waals surface area (Å²) < 4.78 is 5.96. The monoisotopic (exact) mass is 312 g/mol. The summed E-state index contributed by atoms with van der Waals surface area (Å²) in [7, 11) is 0. The highest BCUT2D eigenvalue weighted by molar-refractivity contribution is 9.10. The van der Waals surface area contributed by atoms with Gasteiger partial charge in [-0.05, 0) is 17.5 Å². The number of hydrogen-bond donors (Lipinski definition) is 1. The molecule has 0 aliphatic carbocycles. The zero-order valence-electron chi connectivity index (χ0n) is 8.67. The van der Waals surface area contributed by atoms with Crippen LogP contribution in [0.5, 0.6) is 0 Å². The average molecular weight is 313 g/mol. The van der Waals surface area contributed by atoms with Crippen molar-refractivity contribution in [3.63, 3.8) is 0 Å². The summed E-state index contributed by atoms with van der Waals surface area (Å²) in [5, 5.41) is 10.9. The van der Waals surface area contributed by atoms with Crippen molar-refractivity contribution in [3.8, 4) is 0 Å². The Bertz CT molecular complexity index is 547. The number of halogens is 1. The first-order chi connectivity index (χ1) is 8.16. The fourth-order valence-corrected chi connectivity index (χ4v) is 4.05. The Hall–Kier alpha value is -0.910. The van der Waals surface area contributed by atoms with E-state index in [9.17, 15) is 9.90 Å². The van der Waals surface area contributed by atoms with Crippen LogP contribution in [0.2, 0.25) is 0 Å². The molecule has 5 heteroatoms. The molecule has 1 aromatic heterocycles. The number of benzene rings is 1. The van der Waals surface area contributed by atoms with Gasteiger partial charge in [-0.15, -0.1) is 11.3 Å². The van der Waals surface area contributed by atoms with Crippen LogP contribution >= 0.6 is 27.3 Å². The molecule has 0 bridgehead atoms. The number of aliphatic hydroxyl groups excluding tert-OH is 1. The molecule has 3 rings (SSSR count). The summed E-state index contributed by atoms with van der Waals surface area (Å²) in [6.45, 7) is 0. The van der Waals surface area contributed by atoms with Gasteiger partial charge in [-0.25, -0.2) is 0 Å². The van der Waals surface area contributed by atoms with E-state index in [-0.39, 0.29) is 5.92 Å². The molecule has 88 valence electrons. The topological polar surface area (TPSA) is 46.5 Å². The SMILES string of the molecule is O=C1O[C@H](O)[C@@H](c2cc3ccccc3s2)[C@H]1Br. The minimum atomic E-state index is -1.06. The molecule has 0 spiro atoms. The largest absolute Gasteiger partial charge is 0.434 e. The summed E-state index contributed by atoms with van der Waals surface area (Å²) in [6.07, 6.45) is -1.06. The van der Waals surface area contributed by atoms with Gasteiger partial charge in [0.05, 0.1) is 5.92 Å². The number of esters is 1. The molecule has 17 heavy (non-hydrogen) atoms. The van der Waals surface area contributed by atoms with Gasteiger partial charge in [-0.1, -0.05) is 34.1 Å². The number of carbonyl (C=O) groups excluding carboxylic acids is 1. The lowest BCUT2D eigenvalue weighted by Crippen LogP contribution is -2.17. The van der Waals surface area contributed by atoms with Crippen molar-refractivity contribution in [1.82, 2.24) is 0 Å². The van der Waals surface area contributed by atoms with Gasteiger partial charge in [0.25, 0.3) is 0 Å². The average Bonchev–Trinajstić information content (AvgIpc) is 2.81. The summed E-state index contributed by atoms with van der Waals surface area (Å²) >= 11 is 4.86. The molecule has 2 aromatic rings. The fraction of sp³-hybridized carbons (Fsp3) is 0.250. The first-order valence-corrected chi connectivity index (χ1v) is 6.91. The second-order valence-electron chi connectivity index (χ2n) is 3.94. The van der Waals surface area contributed by atoms with Crippen LogP contribution in [0.3, 0.4) is 0 Å². The minimum absolute atomic E-state index is 0.320. The number of hydrogen-bond acceptors (Lipinski definition) is 4. The number of rotatable bonds is 1. The van der Waals surface area contributed by atoms with Gasteiger partial charge in [-0.2, -0.15) is 0 Å². The highest BCUT2D eigenvalue weighted by Crippen LogP contribution is 2.40. The van der Waals surface area contributed by atoms with Gasteiger partial charge < -0.3 is 9.84 Å². The van der Waals surface area contributed by atoms with E-state index in [1.807, 2.05) is 30.3 Å². The van der Waals surface area contributed by atoms with Gasteiger partial charge in [-0.3, -0.25) is 4.79 Å². The van der Waals surface area contributed by atoms with Crippen LogP contribution in [0.15, 0.2) is 30.3 Å². The molecule has 3 atom stereocenters. The molecular formula is C12H9BrO3S. The Morgan fingerprint density at radius 3 is 2.76 bits per heavy atom. The predicted molar refractivity (Wildman–Crippen MR) is 69.4 cm³/mol. The van der Waals surface area contributed by atoms with Crippen molar-refractivity contribution in [2.75, 3.05) is 0 Å². The summed E-state index contributed by atoms with van der Waals surface area (Å²) in [4.78, 5) is 11.9. The molecule has 0 amide bonds. The quantitative estimate of drug-likeness (QED) is 0.650. The van der Waals surface area contributed by atoms with Crippen molar-refractivity contribution in [3.05, 3.63) is 35.2 Å². The number of aliphatic hydroxyl groups is 1. The van der Waals surface area contributed by atoms with Crippen LogP contribution in [0.4, 0.5) is 0 Å². The molecule has 3 nitrogen and oxygen atoms in total. The lowest BCUT2D eigenvalue weighted by atomic mass is 10.0. The van der Waals surface area contributed by atoms with Crippen molar-refractivity contribution < 1.29 is 14.6 Å². The van der Waals surface area contributed by atoms with E-state index in [4.69, 9.17) is 4.74 Å². The van der Waals surface area contributed by atoms with Gasteiger partial charge in [0.1, 0.15) is 4.83 Å². The third kappa shape index (κ3) is 1.78. The third-order valence-electron chi connectivity index (χ3n) is 2.86. The van der Waals surface area contributed by atoms with Crippen molar-refractivity contribution in [2.24, 2.45) is 0 Å². The molecule has 1 fully saturated rings. The Balaban J connectivity index is 2.06. The molecule has 1 aliphatic rings. The van der Waals surface area contributed by atoms with Gasteiger partial charge >= 0.3 is 5.97 Å². The molecule has 1 saturated heterocycles. The molecule has 2 heterocycles. The van der Waals surface area contributed by atoms with Crippen molar-refractivity contribution >= 4 is 43.3 Å². The van der Waals surface area contributed by atoms with Gasteiger partial charge in [0, 0.05) is 9.58 Å². The van der Waals surface area contributed by atoms with Gasteiger partial charge in [0.15, 0.2) is 0 Å². The second kappa shape index (κ2) is 4.08. The highest BCUT2D eigenvalue weighted by Gasteiger charge is 2.44. The second-order valence-corrected chi connectivity index (χ2v) is 6.04. The zero-order chi connectivity index (χ0) is 12.0. The molecule has 0 radical (unpaired) electrons. The molecule has 0 unspecified atom stereocenters. The Kier molecular flexibility index (Phi) is 2.69. The van der Waals surface area contributed by atoms with Crippen LogP contribution in [-0.2, 0) is 9.53 Å². The smallest absolute Gasteiger partial charge is 0.322 e. The van der Waals surface area contributed by atoms with Crippen LogP contribution in [0.25, 0.3) is 10.1 Å². The third-order valence-corrected chi connectivity index (χ3v) is 5.02. The molecular weight excluding hydrogens is 304 g/mol. The molecule has 0 saturated carbocycles. The highest BCUT2D eigenvalue weighted by atomic mass is 79.9. The first kappa shape index (κ1) is 11.2. The standard InChI is InChI=1S/C12H9BrO3S/c13-10-9(11(14)16-12(10)15)8-5-6-3-1-2-4-7(6)17-8/h1-5,9-11,14H/t9-,10+,11-/m0/s1. The van der Waals surface area contributed by atoms with E-state index in [0.29, 0.717) is 0 Å². The van der Waals surface area contributed by atoms with Crippen LogP contribution in [-0.4, -0.2) is 22.2 Å². The Morgan fingerprint density at radius 1 is 1.35 bits per heavy atom. The number of ether oxygens (including phenoxy) is 1. The maximum atomic E-state index is 11.4. The fourth-order valence-electron chi connectivity index (χ4n) is 2.00. The van der Waals surface area contributed by atoms with E-state index in [1.54, 1.807) is 11.3 Å². The number of alkyl halides is 1. The van der Waals surface area contributed by atoms with E-state index in [2.05, 4.69) is 15.9 Å². The molecule has 1 aromatic carbocycles. The molecule has 1 aliphatic heterocycles.